The van der Waals surface area contributed by atoms with Crippen LogP contribution in [0.3, 0.4) is 0 Å². The van der Waals surface area contributed by atoms with E-state index in [-0.39, 0.29) is 28.4 Å². The van der Waals surface area contributed by atoms with Gasteiger partial charge in [-0.3, -0.25) is 14.8 Å². The highest BCUT2D eigenvalue weighted by molar-refractivity contribution is 6.32. The van der Waals surface area contributed by atoms with Crippen molar-refractivity contribution in [2.45, 2.75) is 37.8 Å². The second-order valence-corrected chi connectivity index (χ2v) is 6.48. The van der Waals surface area contributed by atoms with Gasteiger partial charge < -0.3 is 10.8 Å². The molecular formula is C17H19ClN4O3. The standard InChI is InChI=1S/C17H19ClN4O3/c18-11-5-1-4-8-14(11)22-16(24)10(15(23)21-17(22)25)9-20-13-7-3-2-6-12(13)19/h1,4-5,8-9,12-13,24H,2-3,6-7,19H2,(H,21,23,25)/t12-,13-/m1/s1. The van der Waals surface area contributed by atoms with E-state index < -0.39 is 17.1 Å². The number of aromatic nitrogens is 2. The van der Waals surface area contributed by atoms with Crippen LogP contribution in [-0.2, 0) is 0 Å². The molecule has 1 fully saturated rings. The summed E-state index contributed by atoms with van der Waals surface area (Å²) in [6.45, 7) is 0. The minimum absolute atomic E-state index is 0.0688. The van der Waals surface area contributed by atoms with E-state index in [1.807, 2.05) is 0 Å². The van der Waals surface area contributed by atoms with Gasteiger partial charge in [0.05, 0.1) is 16.8 Å². The molecule has 1 aromatic heterocycles. The van der Waals surface area contributed by atoms with Crippen molar-refractivity contribution < 1.29 is 5.11 Å². The molecule has 0 bridgehead atoms. The number of nitrogens with zero attached hydrogens (tertiary/aromatic N) is 2. The summed E-state index contributed by atoms with van der Waals surface area (Å²) in [5, 5.41) is 10.8. The summed E-state index contributed by atoms with van der Waals surface area (Å²) in [5.41, 5.74) is 4.73. The second kappa shape index (κ2) is 7.25. The summed E-state index contributed by atoms with van der Waals surface area (Å²) in [6.07, 6.45) is 5.09. The molecule has 0 amide bonds. The van der Waals surface area contributed by atoms with Crippen molar-refractivity contribution in [2.75, 3.05) is 0 Å². The van der Waals surface area contributed by atoms with Gasteiger partial charge in [-0.25, -0.2) is 9.36 Å². The number of aliphatic imine (C=N–C) groups is 1. The van der Waals surface area contributed by atoms with Gasteiger partial charge in [0.1, 0.15) is 5.56 Å². The minimum Gasteiger partial charge on any atom is -0.493 e. The molecule has 1 saturated carbocycles. The molecule has 0 spiro atoms. The molecule has 8 heteroatoms. The molecule has 0 unspecified atom stereocenters. The molecule has 1 aliphatic rings. The third-order valence-corrected chi connectivity index (χ3v) is 4.71. The average Bonchev–Trinajstić information content (AvgIpc) is 2.57. The van der Waals surface area contributed by atoms with Crippen LogP contribution in [0, 0.1) is 0 Å². The Labute approximate surface area is 148 Å². The van der Waals surface area contributed by atoms with E-state index in [4.69, 9.17) is 17.3 Å². The van der Waals surface area contributed by atoms with Crippen LogP contribution in [0.25, 0.3) is 5.69 Å². The first kappa shape index (κ1) is 17.4. The monoisotopic (exact) mass is 362 g/mol. The first-order valence-electron chi connectivity index (χ1n) is 8.11. The van der Waals surface area contributed by atoms with Crippen LogP contribution >= 0.6 is 11.6 Å². The number of halogens is 1. The van der Waals surface area contributed by atoms with Gasteiger partial charge >= 0.3 is 5.69 Å². The van der Waals surface area contributed by atoms with E-state index in [0.29, 0.717) is 0 Å². The van der Waals surface area contributed by atoms with Crippen LogP contribution < -0.4 is 17.0 Å². The number of para-hydroxylation sites is 1. The number of nitrogens with two attached hydrogens (primary N) is 1. The zero-order valence-corrected chi connectivity index (χ0v) is 14.2. The molecule has 0 saturated heterocycles. The Morgan fingerprint density at radius 1 is 1.28 bits per heavy atom. The van der Waals surface area contributed by atoms with Gasteiger partial charge in [0, 0.05) is 12.3 Å². The number of hydrogen-bond donors (Lipinski definition) is 3. The first-order chi connectivity index (χ1) is 12.0. The fourth-order valence-electron chi connectivity index (χ4n) is 3.01. The highest BCUT2D eigenvalue weighted by atomic mass is 35.5. The van der Waals surface area contributed by atoms with Crippen molar-refractivity contribution in [3.8, 4) is 11.6 Å². The summed E-state index contributed by atoms with van der Waals surface area (Å²) in [7, 11) is 0. The minimum atomic E-state index is -0.776. The van der Waals surface area contributed by atoms with Crippen molar-refractivity contribution >= 4 is 17.8 Å². The Kier molecular flexibility index (Phi) is 5.06. The topological polar surface area (TPSA) is 113 Å². The number of hydrogen-bond acceptors (Lipinski definition) is 5. The van der Waals surface area contributed by atoms with Gasteiger partial charge in [0.2, 0.25) is 5.88 Å². The van der Waals surface area contributed by atoms with Crippen molar-refractivity contribution in [1.29, 1.82) is 0 Å². The van der Waals surface area contributed by atoms with Crippen LogP contribution in [0.4, 0.5) is 0 Å². The van der Waals surface area contributed by atoms with Crippen LogP contribution in [0.2, 0.25) is 5.02 Å². The SMILES string of the molecule is N[C@@H]1CCCC[C@H]1N=Cc1c(O)n(-c2ccccc2Cl)c(=O)[nH]c1=O. The predicted molar refractivity (Wildman–Crippen MR) is 97.2 cm³/mol. The number of benzene rings is 1. The number of aromatic hydroxyl groups is 1. The molecule has 1 aliphatic carbocycles. The third-order valence-electron chi connectivity index (χ3n) is 4.39. The lowest BCUT2D eigenvalue weighted by molar-refractivity contribution is 0.387. The van der Waals surface area contributed by atoms with E-state index in [2.05, 4.69) is 9.98 Å². The van der Waals surface area contributed by atoms with Gasteiger partial charge in [0.15, 0.2) is 0 Å². The second-order valence-electron chi connectivity index (χ2n) is 6.08. The smallest absolute Gasteiger partial charge is 0.335 e. The van der Waals surface area contributed by atoms with Crippen molar-refractivity contribution in [1.82, 2.24) is 9.55 Å². The molecule has 2 aromatic rings. The zero-order valence-electron chi connectivity index (χ0n) is 13.5. The maximum atomic E-state index is 12.1. The lowest BCUT2D eigenvalue weighted by Crippen LogP contribution is -2.36. The summed E-state index contributed by atoms with van der Waals surface area (Å²) >= 11 is 6.10. The van der Waals surface area contributed by atoms with E-state index in [1.165, 1.54) is 6.21 Å². The fraction of sp³-hybridized carbons (Fsp3) is 0.353. The highest BCUT2D eigenvalue weighted by Gasteiger charge is 2.21. The maximum absolute atomic E-state index is 12.1. The molecule has 1 heterocycles. The van der Waals surface area contributed by atoms with Crippen molar-refractivity contribution in [3.63, 3.8) is 0 Å². The quantitative estimate of drug-likeness (QED) is 0.719. The average molecular weight is 363 g/mol. The fourth-order valence-corrected chi connectivity index (χ4v) is 3.23. The Hall–Kier alpha value is -2.38. The summed E-state index contributed by atoms with van der Waals surface area (Å²) in [6, 6.07) is 6.36. The molecule has 7 nitrogen and oxygen atoms in total. The van der Waals surface area contributed by atoms with Gasteiger partial charge in [-0.2, -0.15) is 0 Å². The van der Waals surface area contributed by atoms with E-state index in [9.17, 15) is 14.7 Å². The normalized spacial score (nSPS) is 20.9. The Balaban J connectivity index is 2.06. The van der Waals surface area contributed by atoms with Gasteiger partial charge in [-0.05, 0) is 25.0 Å². The van der Waals surface area contributed by atoms with Gasteiger partial charge in [-0.1, -0.05) is 36.6 Å². The maximum Gasteiger partial charge on any atom is 0.335 e. The lowest BCUT2D eigenvalue weighted by Gasteiger charge is -2.24. The van der Waals surface area contributed by atoms with Gasteiger partial charge in [0.25, 0.3) is 5.56 Å². The molecule has 4 N–H and O–H groups in total. The third kappa shape index (κ3) is 3.52. The number of rotatable bonds is 3. The summed E-state index contributed by atoms with van der Waals surface area (Å²) in [5.74, 6) is -0.505. The Morgan fingerprint density at radius 3 is 2.72 bits per heavy atom. The summed E-state index contributed by atoms with van der Waals surface area (Å²) < 4.78 is 0.950. The number of aromatic amines is 1. The van der Waals surface area contributed by atoms with Crippen molar-refractivity contribution in [2.24, 2.45) is 10.7 Å². The summed E-state index contributed by atoms with van der Waals surface area (Å²) in [4.78, 5) is 30.8. The lowest BCUT2D eigenvalue weighted by atomic mass is 9.91. The molecule has 0 aliphatic heterocycles. The molecule has 0 radical (unpaired) electrons. The number of nitrogens with one attached hydrogen (secondary N) is 1. The predicted octanol–water partition coefficient (Wildman–Crippen LogP) is 1.57. The van der Waals surface area contributed by atoms with E-state index in [0.717, 1.165) is 30.3 Å². The van der Waals surface area contributed by atoms with Crippen LogP contribution in [-0.4, -0.2) is 33.0 Å². The Bertz CT molecular complexity index is 919. The van der Waals surface area contributed by atoms with Crippen LogP contribution in [0.1, 0.15) is 31.2 Å². The van der Waals surface area contributed by atoms with Crippen LogP contribution in [0.15, 0.2) is 38.8 Å². The molecule has 3 rings (SSSR count). The Morgan fingerprint density at radius 2 is 2.00 bits per heavy atom. The van der Waals surface area contributed by atoms with Crippen LogP contribution in [0.5, 0.6) is 5.88 Å². The number of H-pyrrole nitrogens is 1. The van der Waals surface area contributed by atoms with Crippen molar-refractivity contribution in [3.05, 3.63) is 55.7 Å². The van der Waals surface area contributed by atoms with E-state index >= 15 is 0 Å². The molecule has 2 atom stereocenters. The molecular weight excluding hydrogens is 344 g/mol. The van der Waals surface area contributed by atoms with E-state index in [1.54, 1.807) is 24.3 Å². The first-order valence-corrected chi connectivity index (χ1v) is 8.49. The van der Waals surface area contributed by atoms with Gasteiger partial charge in [-0.15, -0.1) is 0 Å². The largest absolute Gasteiger partial charge is 0.493 e. The molecule has 132 valence electrons. The highest BCUT2D eigenvalue weighted by Crippen LogP contribution is 2.23. The molecule has 1 aromatic carbocycles. The zero-order chi connectivity index (χ0) is 18.0. The molecule has 25 heavy (non-hydrogen) atoms.